The highest BCUT2D eigenvalue weighted by Crippen LogP contribution is 2.08. The van der Waals surface area contributed by atoms with E-state index >= 15 is 0 Å². The Kier molecular flexibility index (Phi) is 5.44. The number of likely N-dealkylation sites (N-methyl/N-ethyl adjacent to an activating group) is 1. The molecule has 1 atom stereocenters. The maximum Gasteiger partial charge on any atom is 0.321 e. The van der Waals surface area contributed by atoms with E-state index in [1.165, 1.54) is 18.0 Å². The molecule has 0 spiro atoms. The molecule has 0 saturated heterocycles. The molecule has 0 heterocycles. The monoisotopic (exact) mass is 268 g/mol. The van der Waals surface area contributed by atoms with Crippen molar-refractivity contribution in [3.63, 3.8) is 0 Å². The maximum absolute atomic E-state index is 13.4. The Morgan fingerprint density at radius 1 is 1.42 bits per heavy atom. The summed E-state index contributed by atoms with van der Waals surface area (Å²) >= 11 is 0. The Hall–Kier alpha value is -1.95. The summed E-state index contributed by atoms with van der Waals surface area (Å²) in [6.07, 6.45) is 0.111. The minimum atomic E-state index is -1.21. The maximum atomic E-state index is 13.4. The van der Waals surface area contributed by atoms with Gasteiger partial charge in [-0.2, -0.15) is 0 Å². The van der Waals surface area contributed by atoms with Gasteiger partial charge in [0.05, 0.1) is 6.42 Å². The molecule has 0 radical (unpaired) electrons. The lowest BCUT2D eigenvalue weighted by Gasteiger charge is -2.18. The Bertz CT molecular complexity index is 465. The number of nitrogens with two attached hydrogens (primary N) is 1. The summed E-state index contributed by atoms with van der Waals surface area (Å²) in [5, 5.41) is 8.61. The van der Waals surface area contributed by atoms with Gasteiger partial charge < -0.3 is 15.7 Å². The van der Waals surface area contributed by atoms with Crippen LogP contribution in [0.1, 0.15) is 12.0 Å². The Labute approximate surface area is 110 Å². The van der Waals surface area contributed by atoms with Crippen LogP contribution in [0.4, 0.5) is 4.39 Å². The molecular formula is C13H17FN2O3. The van der Waals surface area contributed by atoms with Crippen molar-refractivity contribution < 1.29 is 19.1 Å². The SMILES string of the molecule is CN(CCc1ccccc1F)C(=O)CC(N)C(=O)O. The Morgan fingerprint density at radius 2 is 2.05 bits per heavy atom. The topological polar surface area (TPSA) is 83.6 Å². The van der Waals surface area contributed by atoms with Crippen molar-refractivity contribution in [2.75, 3.05) is 13.6 Å². The number of halogens is 1. The summed E-state index contributed by atoms with van der Waals surface area (Å²) in [6, 6.07) is 5.12. The molecule has 5 nitrogen and oxygen atoms in total. The first-order valence-corrected chi connectivity index (χ1v) is 5.87. The van der Waals surface area contributed by atoms with Crippen LogP contribution in [0.5, 0.6) is 0 Å². The first kappa shape index (κ1) is 15.1. The molecular weight excluding hydrogens is 251 g/mol. The third-order valence-corrected chi connectivity index (χ3v) is 2.81. The summed E-state index contributed by atoms with van der Waals surface area (Å²) in [5.41, 5.74) is 5.80. The van der Waals surface area contributed by atoms with E-state index in [2.05, 4.69) is 0 Å². The molecule has 0 aromatic heterocycles. The second-order valence-electron chi connectivity index (χ2n) is 4.31. The molecule has 1 unspecified atom stereocenters. The number of rotatable bonds is 6. The highest BCUT2D eigenvalue weighted by Gasteiger charge is 2.19. The highest BCUT2D eigenvalue weighted by atomic mass is 19.1. The lowest BCUT2D eigenvalue weighted by molar-refractivity contribution is -0.142. The zero-order valence-electron chi connectivity index (χ0n) is 10.7. The standard InChI is InChI=1S/C13H17FN2O3/c1-16(12(17)8-11(15)13(18)19)7-6-9-4-2-3-5-10(9)14/h2-5,11H,6-8,15H2,1H3,(H,18,19). The van der Waals surface area contributed by atoms with Gasteiger partial charge in [-0.05, 0) is 18.1 Å². The number of nitrogens with zero attached hydrogens (tertiary/aromatic N) is 1. The van der Waals surface area contributed by atoms with Gasteiger partial charge in [-0.1, -0.05) is 18.2 Å². The van der Waals surface area contributed by atoms with Crippen molar-refractivity contribution >= 4 is 11.9 Å². The lowest BCUT2D eigenvalue weighted by atomic mass is 10.1. The molecule has 0 fully saturated rings. The van der Waals surface area contributed by atoms with Crippen molar-refractivity contribution in [1.82, 2.24) is 4.90 Å². The van der Waals surface area contributed by atoms with Gasteiger partial charge >= 0.3 is 5.97 Å². The quantitative estimate of drug-likeness (QED) is 0.792. The molecule has 1 aromatic rings. The second-order valence-corrected chi connectivity index (χ2v) is 4.31. The highest BCUT2D eigenvalue weighted by molar-refractivity contribution is 5.84. The molecule has 0 saturated carbocycles. The van der Waals surface area contributed by atoms with Crippen LogP contribution >= 0.6 is 0 Å². The number of aliphatic carboxylic acids is 1. The molecule has 1 aromatic carbocycles. The zero-order valence-corrected chi connectivity index (χ0v) is 10.7. The Morgan fingerprint density at radius 3 is 2.63 bits per heavy atom. The number of carboxylic acid groups (broad SMARTS) is 1. The van der Waals surface area contributed by atoms with E-state index in [1.54, 1.807) is 18.2 Å². The molecule has 104 valence electrons. The molecule has 1 rings (SSSR count). The first-order chi connectivity index (χ1) is 8.91. The molecule has 0 aliphatic carbocycles. The van der Waals surface area contributed by atoms with Crippen LogP contribution in [0, 0.1) is 5.82 Å². The number of amides is 1. The summed E-state index contributed by atoms with van der Waals surface area (Å²) in [5.74, 6) is -1.90. The number of carbonyl (C=O) groups excluding carboxylic acids is 1. The number of hydrogen-bond acceptors (Lipinski definition) is 3. The number of benzene rings is 1. The van der Waals surface area contributed by atoms with E-state index < -0.39 is 12.0 Å². The fraction of sp³-hybridized carbons (Fsp3) is 0.385. The third-order valence-electron chi connectivity index (χ3n) is 2.81. The smallest absolute Gasteiger partial charge is 0.321 e. The fourth-order valence-electron chi connectivity index (χ4n) is 1.55. The fourth-order valence-corrected chi connectivity index (χ4v) is 1.55. The Balaban J connectivity index is 2.47. The van der Waals surface area contributed by atoms with E-state index in [0.29, 0.717) is 18.5 Å². The van der Waals surface area contributed by atoms with E-state index in [0.717, 1.165) is 0 Å². The summed E-state index contributed by atoms with van der Waals surface area (Å²) < 4.78 is 13.4. The lowest BCUT2D eigenvalue weighted by Crippen LogP contribution is -2.38. The number of carboxylic acids is 1. The summed E-state index contributed by atoms with van der Waals surface area (Å²) in [4.78, 5) is 23.5. The van der Waals surface area contributed by atoms with Gasteiger partial charge in [0, 0.05) is 13.6 Å². The third kappa shape index (κ3) is 4.67. The predicted molar refractivity (Wildman–Crippen MR) is 68.0 cm³/mol. The van der Waals surface area contributed by atoms with E-state index in [1.807, 2.05) is 0 Å². The molecule has 0 aliphatic heterocycles. The van der Waals surface area contributed by atoms with Gasteiger partial charge in [0.25, 0.3) is 0 Å². The van der Waals surface area contributed by atoms with E-state index in [9.17, 15) is 14.0 Å². The van der Waals surface area contributed by atoms with Crippen molar-refractivity contribution in [1.29, 1.82) is 0 Å². The molecule has 0 aliphatic rings. The van der Waals surface area contributed by atoms with Crippen LogP contribution in [0.2, 0.25) is 0 Å². The average Bonchev–Trinajstić information content (AvgIpc) is 2.37. The van der Waals surface area contributed by atoms with Crippen LogP contribution in [0.15, 0.2) is 24.3 Å². The van der Waals surface area contributed by atoms with Gasteiger partial charge in [0.15, 0.2) is 0 Å². The average molecular weight is 268 g/mol. The minimum absolute atomic E-state index is 0.261. The predicted octanol–water partition coefficient (Wildman–Crippen LogP) is 0.629. The van der Waals surface area contributed by atoms with Crippen LogP contribution in [0.25, 0.3) is 0 Å². The molecule has 6 heteroatoms. The van der Waals surface area contributed by atoms with Gasteiger partial charge in [-0.25, -0.2) is 4.39 Å². The minimum Gasteiger partial charge on any atom is -0.480 e. The largest absolute Gasteiger partial charge is 0.480 e. The summed E-state index contributed by atoms with van der Waals surface area (Å²) in [6.45, 7) is 0.312. The van der Waals surface area contributed by atoms with Gasteiger partial charge in [-0.15, -0.1) is 0 Å². The van der Waals surface area contributed by atoms with E-state index in [-0.39, 0.29) is 18.1 Å². The van der Waals surface area contributed by atoms with Crippen LogP contribution in [-0.2, 0) is 16.0 Å². The molecule has 0 bridgehead atoms. The van der Waals surface area contributed by atoms with Gasteiger partial charge in [0.1, 0.15) is 11.9 Å². The van der Waals surface area contributed by atoms with Crippen molar-refractivity contribution in [2.45, 2.75) is 18.9 Å². The molecule has 19 heavy (non-hydrogen) atoms. The normalized spacial score (nSPS) is 11.9. The van der Waals surface area contributed by atoms with E-state index in [4.69, 9.17) is 10.8 Å². The van der Waals surface area contributed by atoms with Gasteiger partial charge in [0.2, 0.25) is 5.91 Å². The summed E-state index contributed by atoms with van der Waals surface area (Å²) in [7, 11) is 1.54. The van der Waals surface area contributed by atoms with Crippen LogP contribution in [0.3, 0.4) is 0 Å². The molecule has 1 amide bonds. The van der Waals surface area contributed by atoms with Gasteiger partial charge in [-0.3, -0.25) is 9.59 Å². The van der Waals surface area contributed by atoms with Crippen molar-refractivity contribution in [3.05, 3.63) is 35.6 Å². The molecule has 3 N–H and O–H groups in total. The zero-order chi connectivity index (χ0) is 14.4. The van der Waals surface area contributed by atoms with Crippen LogP contribution in [-0.4, -0.2) is 41.5 Å². The number of carbonyl (C=O) groups is 2. The van der Waals surface area contributed by atoms with Crippen molar-refractivity contribution in [3.8, 4) is 0 Å². The first-order valence-electron chi connectivity index (χ1n) is 5.87. The number of hydrogen-bond donors (Lipinski definition) is 2. The van der Waals surface area contributed by atoms with Crippen molar-refractivity contribution in [2.24, 2.45) is 5.73 Å². The second kappa shape index (κ2) is 6.84. The van der Waals surface area contributed by atoms with Crippen LogP contribution < -0.4 is 5.73 Å².